The van der Waals surface area contributed by atoms with Gasteiger partial charge in [0.25, 0.3) is 5.91 Å². The van der Waals surface area contributed by atoms with Crippen molar-refractivity contribution in [2.45, 2.75) is 39.3 Å². The first-order valence-electron chi connectivity index (χ1n) is 10.0. The first-order valence-corrected chi connectivity index (χ1v) is 10.0. The van der Waals surface area contributed by atoms with Gasteiger partial charge in [-0.15, -0.1) is 0 Å². The Morgan fingerprint density at radius 2 is 1.46 bits per heavy atom. The molecule has 5 heteroatoms. The molecule has 3 fully saturated rings. The van der Waals surface area contributed by atoms with Gasteiger partial charge < -0.3 is 0 Å². The van der Waals surface area contributed by atoms with E-state index in [2.05, 4.69) is 41.2 Å². The highest BCUT2D eigenvalue weighted by atomic mass is 16.2. The molecule has 2 aromatic carbocycles. The molecule has 0 radical (unpaired) electrons. The Bertz CT molecular complexity index is 968. The number of hydrogen-bond donors (Lipinski definition) is 0. The second-order valence-electron chi connectivity index (χ2n) is 8.29. The number of nitrogens with zero attached hydrogens (tertiary/aromatic N) is 3. The monoisotopic (exact) mass is 375 g/mol. The molecule has 3 aliphatic heterocycles. The second kappa shape index (κ2) is 6.26. The van der Waals surface area contributed by atoms with Gasteiger partial charge in [0.05, 0.1) is 17.6 Å². The van der Waals surface area contributed by atoms with E-state index in [9.17, 15) is 9.59 Å². The van der Waals surface area contributed by atoms with Crippen LogP contribution in [-0.4, -0.2) is 41.0 Å². The van der Waals surface area contributed by atoms with E-state index in [4.69, 9.17) is 0 Å². The van der Waals surface area contributed by atoms with Gasteiger partial charge in [0.1, 0.15) is 6.04 Å². The molecule has 28 heavy (non-hydrogen) atoms. The summed E-state index contributed by atoms with van der Waals surface area (Å²) in [5, 5.41) is 4.41. The number of fused-ring (bicyclic) bond motifs is 3. The number of amides is 2. The summed E-state index contributed by atoms with van der Waals surface area (Å²) in [6, 6.07) is 13.8. The van der Waals surface area contributed by atoms with Gasteiger partial charge in [-0.05, 0) is 56.0 Å². The molecule has 3 aliphatic rings. The number of carbonyl (C=O) groups excluding carboxylic acids is 2. The summed E-state index contributed by atoms with van der Waals surface area (Å²) < 4.78 is 0. The zero-order valence-corrected chi connectivity index (χ0v) is 16.6. The summed E-state index contributed by atoms with van der Waals surface area (Å²) >= 11 is 0. The number of hydrogen-bond acceptors (Lipinski definition) is 4. The molecule has 0 aliphatic carbocycles. The zero-order valence-electron chi connectivity index (χ0n) is 16.6. The minimum Gasteiger partial charge on any atom is -0.274 e. The number of rotatable bonds is 2. The van der Waals surface area contributed by atoms with E-state index in [1.165, 1.54) is 10.5 Å². The van der Waals surface area contributed by atoms with E-state index in [1.54, 1.807) is 0 Å². The van der Waals surface area contributed by atoms with Crippen LogP contribution >= 0.6 is 0 Å². The van der Waals surface area contributed by atoms with Crippen molar-refractivity contribution >= 4 is 17.5 Å². The summed E-state index contributed by atoms with van der Waals surface area (Å²) in [5.41, 5.74) is 5.26. The fourth-order valence-corrected chi connectivity index (χ4v) is 5.00. The summed E-state index contributed by atoms with van der Waals surface area (Å²) in [6.45, 7) is 7.85. The summed E-state index contributed by atoms with van der Waals surface area (Å²) in [6.07, 6.45) is 1.02. The van der Waals surface area contributed by atoms with Gasteiger partial charge in [0.2, 0.25) is 5.91 Å². The number of benzene rings is 2. The van der Waals surface area contributed by atoms with Crippen molar-refractivity contribution in [2.75, 3.05) is 18.0 Å². The van der Waals surface area contributed by atoms with Gasteiger partial charge in [-0.3, -0.25) is 9.59 Å². The molecule has 0 saturated carbocycles. The molecular formula is C23H25N3O2. The smallest absolute Gasteiger partial charge is 0.253 e. The molecule has 2 aromatic rings. The van der Waals surface area contributed by atoms with Gasteiger partial charge in [-0.2, -0.15) is 0 Å². The topological polar surface area (TPSA) is 43.9 Å². The van der Waals surface area contributed by atoms with Gasteiger partial charge in [0.15, 0.2) is 0 Å². The number of anilines is 1. The fourth-order valence-electron chi connectivity index (χ4n) is 5.00. The van der Waals surface area contributed by atoms with Crippen LogP contribution in [0.25, 0.3) is 0 Å². The molecule has 0 aromatic heterocycles. The number of imide groups is 1. The van der Waals surface area contributed by atoms with E-state index >= 15 is 0 Å². The van der Waals surface area contributed by atoms with Crippen molar-refractivity contribution in [3.8, 4) is 0 Å². The summed E-state index contributed by atoms with van der Waals surface area (Å²) in [5.74, 6) is -0.505. The maximum atomic E-state index is 13.5. The van der Waals surface area contributed by atoms with E-state index < -0.39 is 0 Å². The minimum absolute atomic E-state index is 0.0684. The van der Waals surface area contributed by atoms with Crippen LogP contribution in [0.2, 0.25) is 0 Å². The fraction of sp³-hybridized carbons (Fsp3) is 0.391. The van der Waals surface area contributed by atoms with Crippen molar-refractivity contribution in [2.24, 2.45) is 5.92 Å². The number of aryl methyl sites for hydroxylation is 3. The predicted octanol–water partition coefficient (Wildman–Crippen LogP) is 3.15. The van der Waals surface area contributed by atoms with Crippen molar-refractivity contribution in [1.29, 1.82) is 0 Å². The summed E-state index contributed by atoms with van der Waals surface area (Å²) in [7, 11) is 0. The Morgan fingerprint density at radius 3 is 2.14 bits per heavy atom. The molecule has 5 nitrogen and oxygen atoms in total. The second-order valence-corrected chi connectivity index (χ2v) is 8.29. The number of hydrazine groups is 1. The van der Waals surface area contributed by atoms with Gasteiger partial charge in [-0.1, -0.05) is 35.9 Å². The maximum absolute atomic E-state index is 13.5. The van der Waals surface area contributed by atoms with Crippen LogP contribution in [0, 0.1) is 26.7 Å². The van der Waals surface area contributed by atoms with Gasteiger partial charge in [-0.25, -0.2) is 14.9 Å². The molecule has 0 N–H and O–H groups in total. The van der Waals surface area contributed by atoms with Gasteiger partial charge in [0, 0.05) is 13.1 Å². The molecule has 0 unspecified atom stereocenters. The lowest BCUT2D eigenvalue weighted by atomic mass is 9.89. The van der Waals surface area contributed by atoms with Crippen LogP contribution in [0.15, 0.2) is 42.5 Å². The standard InChI is InChI=1S/C23H25N3O2/c1-14-5-8-17(9-6-14)20-19-21(25-12-4-11-24(20)25)23(28)26(22(19)27)18-10-7-15(2)16(3)13-18/h5-10,13,19-21H,4,11-12H2,1-3H3/t19-,20-,21-/m0/s1. The highest BCUT2D eigenvalue weighted by Crippen LogP contribution is 2.48. The highest BCUT2D eigenvalue weighted by molar-refractivity contribution is 6.24. The van der Waals surface area contributed by atoms with Crippen LogP contribution in [-0.2, 0) is 9.59 Å². The van der Waals surface area contributed by atoms with Crippen LogP contribution in [0.5, 0.6) is 0 Å². The van der Waals surface area contributed by atoms with E-state index in [-0.39, 0.29) is 29.8 Å². The average Bonchev–Trinajstić information content (AvgIpc) is 3.31. The average molecular weight is 375 g/mol. The Morgan fingerprint density at radius 1 is 0.786 bits per heavy atom. The SMILES string of the molecule is Cc1ccc([C@H]2[C@@H]3C(=O)N(c4ccc(C)c(C)c4)C(=O)[C@H]3N3CCCN23)cc1. The van der Waals surface area contributed by atoms with Crippen LogP contribution in [0.3, 0.4) is 0 Å². The van der Waals surface area contributed by atoms with Gasteiger partial charge >= 0.3 is 0 Å². The Balaban J connectivity index is 1.58. The molecule has 3 saturated heterocycles. The van der Waals surface area contributed by atoms with E-state index in [1.807, 2.05) is 32.0 Å². The maximum Gasteiger partial charge on any atom is 0.253 e. The summed E-state index contributed by atoms with van der Waals surface area (Å²) in [4.78, 5) is 28.4. The molecular weight excluding hydrogens is 350 g/mol. The van der Waals surface area contributed by atoms with E-state index in [0.29, 0.717) is 5.69 Å². The van der Waals surface area contributed by atoms with Crippen molar-refractivity contribution < 1.29 is 9.59 Å². The molecule has 2 amide bonds. The van der Waals surface area contributed by atoms with Crippen molar-refractivity contribution in [1.82, 2.24) is 10.0 Å². The van der Waals surface area contributed by atoms with Crippen molar-refractivity contribution in [3.05, 3.63) is 64.7 Å². The number of carbonyl (C=O) groups is 2. The molecule has 0 spiro atoms. The van der Waals surface area contributed by atoms with Crippen molar-refractivity contribution in [3.63, 3.8) is 0 Å². The predicted molar refractivity (Wildman–Crippen MR) is 108 cm³/mol. The van der Waals surface area contributed by atoms with Crippen LogP contribution in [0.1, 0.15) is 34.7 Å². The largest absolute Gasteiger partial charge is 0.274 e. The third-order valence-corrected chi connectivity index (χ3v) is 6.57. The third-order valence-electron chi connectivity index (χ3n) is 6.57. The zero-order chi connectivity index (χ0) is 19.6. The molecule has 0 bridgehead atoms. The lowest BCUT2D eigenvalue weighted by Gasteiger charge is -2.30. The quantitative estimate of drug-likeness (QED) is 0.757. The van der Waals surface area contributed by atoms with E-state index in [0.717, 1.165) is 36.2 Å². The Kier molecular flexibility index (Phi) is 3.93. The molecule has 3 atom stereocenters. The van der Waals surface area contributed by atoms with Crippen LogP contribution in [0.4, 0.5) is 5.69 Å². The molecule has 144 valence electrons. The molecule has 3 heterocycles. The lowest BCUT2D eigenvalue weighted by Crippen LogP contribution is -2.44. The minimum atomic E-state index is -0.386. The van der Waals surface area contributed by atoms with Crippen LogP contribution < -0.4 is 4.90 Å². The third kappa shape index (κ3) is 2.39. The molecule has 5 rings (SSSR count). The lowest BCUT2D eigenvalue weighted by molar-refractivity contribution is -0.126. The first kappa shape index (κ1) is 17.6. The first-order chi connectivity index (χ1) is 13.5. The Hall–Kier alpha value is -2.50. The Labute approximate surface area is 165 Å². The normalized spacial score (nSPS) is 27.5. The highest BCUT2D eigenvalue weighted by Gasteiger charge is 2.62.